The smallest absolute Gasteiger partial charge is 0.260 e. The number of hydrogen-bond donors (Lipinski definition) is 0. The Hall–Kier alpha value is -2.04. The molecule has 5 heteroatoms. The molecule has 2 amide bonds. The SMILES string of the molecule is CCc1ccccc1OCC(=O)N1CCCN(C(C)=O)CC1. The fraction of sp³-hybridized carbons (Fsp3) is 0.529. The molecule has 2 rings (SSSR count). The minimum Gasteiger partial charge on any atom is -0.483 e. The highest BCUT2D eigenvalue weighted by Gasteiger charge is 2.20. The average Bonchev–Trinajstić information content (AvgIpc) is 2.79. The van der Waals surface area contributed by atoms with Gasteiger partial charge in [0.15, 0.2) is 6.61 Å². The van der Waals surface area contributed by atoms with Gasteiger partial charge >= 0.3 is 0 Å². The lowest BCUT2D eigenvalue weighted by Crippen LogP contribution is -2.38. The van der Waals surface area contributed by atoms with E-state index in [0.717, 1.165) is 30.7 Å². The fourth-order valence-electron chi connectivity index (χ4n) is 2.65. The molecule has 0 radical (unpaired) electrons. The van der Waals surface area contributed by atoms with Crippen LogP contribution in [0.25, 0.3) is 0 Å². The second-order valence-corrected chi connectivity index (χ2v) is 5.49. The summed E-state index contributed by atoms with van der Waals surface area (Å²) in [7, 11) is 0. The number of carbonyl (C=O) groups excluding carboxylic acids is 2. The highest BCUT2D eigenvalue weighted by molar-refractivity contribution is 5.78. The summed E-state index contributed by atoms with van der Waals surface area (Å²) in [6.07, 6.45) is 1.69. The predicted octanol–water partition coefficient (Wildman–Crippen LogP) is 1.71. The maximum atomic E-state index is 12.3. The molecule has 120 valence electrons. The van der Waals surface area contributed by atoms with Crippen molar-refractivity contribution in [3.8, 4) is 5.75 Å². The first-order valence-electron chi connectivity index (χ1n) is 7.85. The van der Waals surface area contributed by atoms with Gasteiger partial charge in [0.25, 0.3) is 5.91 Å². The molecule has 0 aromatic heterocycles. The van der Waals surface area contributed by atoms with E-state index in [-0.39, 0.29) is 18.4 Å². The number of rotatable bonds is 4. The number of para-hydroxylation sites is 1. The molecule has 1 aromatic rings. The first-order valence-corrected chi connectivity index (χ1v) is 7.85. The van der Waals surface area contributed by atoms with Crippen LogP contribution in [0.4, 0.5) is 0 Å². The third-order valence-electron chi connectivity index (χ3n) is 4.00. The van der Waals surface area contributed by atoms with Gasteiger partial charge in [0.2, 0.25) is 5.91 Å². The van der Waals surface area contributed by atoms with Crippen LogP contribution in [-0.2, 0) is 16.0 Å². The maximum Gasteiger partial charge on any atom is 0.260 e. The minimum absolute atomic E-state index is 0.0173. The lowest BCUT2D eigenvalue weighted by atomic mass is 10.1. The van der Waals surface area contributed by atoms with Crippen LogP contribution < -0.4 is 4.74 Å². The van der Waals surface area contributed by atoms with Crippen LogP contribution in [0, 0.1) is 0 Å². The van der Waals surface area contributed by atoms with Gasteiger partial charge in [-0.3, -0.25) is 9.59 Å². The monoisotopic (exact) mass is 304 g/mol. The normalized spacial score (nSPS) is 15.4. The summed E-state index contributed by atoms with van der Waals surface area (Å²) in [4.78, 5) is 27.3. The molecule has 1 aliphatic rings. The van der Waals surface area contributed by atoms with Crippen molar-refractivity contribution >= 4 is 11.8 Å². The van der Waals surface area contributed by atoms with Crippen LogP contribution in [0.3, 0.4) is 0 Å². The Morgan fingerprint density at radius 2 is 1.77 bits per heavy atom. The van der Waals surface area contributed by atoms with E-state index in [1.807, 2.05) is 24.3 Å². The van der Waals surface area contributed by atoms with E-state index in [2.05, 4.69) is 6.92 Å². The number of hydrogen-bond acceptors (Lipinski definition) is 3. The second kappa shape index (κ2) is 7.82. The molecular weight excluding hydrogens is 280 g/mol. The molecule has 0 aliphatic carbocycles. The molecule has 0 N–H and O–H groups in total. The summed E-state index contributed by atoms with van der Waals surface area (Å²) >= 11 is 0. The van der Waals surface area contributed by atoms with Gasteiger partial charge < -0.3 is 14.5 Å². The van der Waals surface area contributed by atoms with Crippen molar-refractivity contribution in [2.45, 2.75) is 26.7 Å². The molecule has 0 bridgehead atoms. The van der Waals surface area contributed by atoms with Crippen molar-refractivity contribution in [2.75, 3.05) is 32.8 Å². The number of ether oxygens (including phenoxy) is 1. The van der Waals surface area contributed by atoms with E-state index in [4.69, 9.17) is 4.74 Å². The van der Waals surface area contributed by atoms with Crippen molar-refractivity contribution in [1.82, 2.24) is 9.80 Å². The van der Waals surface area contributed by atoms with Crippen LogP contribution in [0.2, 0.25) is 0 Å². The first-order chi connectivity index (χ1) is 10.6. The number of aryl methyl sites for hydroxylation is 1. The second-order valence-electron chi connectivity index (χ2n) is 5.49. The Bertz CT molecular complexity index is 530. The van der Waals surface area contributed by atoms with E-state index in [9.17, 15) is 9.59 Å². The van der Waals surface area contributed by atoms with Gasteiger partial charge in [-0.2, -0.15) is 0 Å². The summed E-state index contributed by atoms with van der Waals surface area (Å²) in [6.45, 7) is 6.28. The highest BCUT2D eigenvalue weighted by atomic mass is 16.5. The van der Waals surface area contributed by atoms with E-state index in [1.165, 1.54) is 0 Å². The standard InChI is InChI=1S/C17H24N2O3/c1-3-15-7-4-5-8-16(15)22-13-17(21)19-10-6-9-18(11-12-19)14(2)20/h4-5,7-8H,3,6,9-13H2,1-2H3. The van der Waals surface area contributed by atoms with E-state index < -0.39 is 0 Å². The van der Waals surface area contributed by atoms with E-state index in [0.29, 0.717) is 19.6 Å². The van der Waals surface area contributed by atoms with Crippen molar-refractivity contribution in [3.63, 3.8) is 0 Å². The van der Waals surface area contributed by atoms with Crippen molar-refractivity contribution < 1.29 is 14.3 Å². The Kier molecular flexibility index (Phi) is 5.81. The zero-order chi connectivity index (χ0) is 15.9. The van der Waals surface area contributed by atoms with Gasteiger partial charge in [0.05, 0.1) is 0 Å². The van der Waals surface area contributed by atoms with Gasteiger partial charge in [-0.15, -0.1) is 0 Å². The summed E-state index contributed by atoms with van der Waals surface area (Å²) < 4.78 is 5.69. The largest absolute Gasteiger partial charge is 0.483 e. The van der Waals surface area contributed by atoms with Crippen LogP contribution in [0.15, 0.2) is 24.3 Å². The predicted molar refractivity (Wildman–Crippen MR) is 84.8 cm³/mol. The molecule has 0 spiro atoms. The van der Waals surface area contributed by atoms with Crippen LogP contribution in [-0.4, -0.2) is 54.4 Å². The van der Waals surface area contributed by atoms with Crippen molar-refractivity contribution in [3.05, 3.63) is 29.8 Å². The van der Waals surface area contributed by atoms with Crippen LogP contribution in [0.5, 0.6) is 5.75 Å². The Morgan fingerprint density at radius 1 is 1.09 bits per heavy atom. The molecule has 1 saturated heterocycles. The lowest BCUT2D eigenvalue weighted by molar-refractivity contribution is -0.134. The molecule has 0 atom stereocenters. The Labute approximate surface area is 131 Å². The van der Waals surface area contributed by atoms with Gasteiger partial charge in [-0.1, -0.05) is 25.1 Å². The molecule has 1 fully saturated rings. The summed E-state index contributed by atoms with van der Waals surface area (Å²) in [5, 5.41) is 0. The summed E-state index contributed by atoms with van der Waals surface area (Å²) in [5.74, 6) is 0.831. The van der Waals surface area contributed by atoms with Gasteiger partial charge in [0, 0.05) is 33.1 Å². The Morgan fingerprint density at radius 3 is 2.50 bits per heavy atom. The molecule has 1 aliphatic heterocycles. The minimum atomic E-state index is -0.0173. The topological polar surface area (TPSA) is 49.9 Å². The van der Waals surface area contributed by atoms with E-state index >= 15 is 0 Å². The lowest BCUT2D eigenvalue weighted by Gasteiger charge is -2.21. The molecule has 22 heavy (non-hydrogen) atoms. The average molecular weight is 304 g/mol. The summed E-state index contributed by atoms with van der Waals surface area (Å²) in [5.41, 5.74) is 1.11. The zero-order valence-corrected chi connectivity index (χ0v) is 13.4. The fourth-order valence-corrected chi connectivity index (χ4v) is 2.65. The molecule has 0 saturated carbocycles. The van der Waals surface area contributed by atoms with E-state index in [1.54, 1.807) is 16.7 Å². The van der Waals surface area contributed by atoms with Crippen LogP contribution >= 0.6 is 0 Å². The number of nitrogens with zero attached hydrogens (tertiary/aromatic N) is 2. The zero-order valence-electron chi connectivity index (χ0n) is 13.4. The van der Waals surface area contributed by atoms with Crippen molar-refractivity contribution in [2.24, 2.45) is 0 Å². The summed E-state index contributed by atoms with van der Waals surface area (Å²) in [6, 6.07) is 7.79. The molecular formula is C17H24N2O3. The molecule has 1 heterocycles. The number of amides is 2. The van der Waals surface area contributed by atoms with Gasteiger partial charge in [-0.25, -0.2) is 0 Å². The van der Waals surface area contributed by atoms with Crippen LogP contribution in [0.1, 0.15) is 25.8 Å². The Balaban J connectivity index is 1.88. The van der Waals surface area contributed by atoms with Gasteiger partial charge in [0.1, 0.15) is 5.75 Å². The van der Waals surface area contributed by atoms with Crippen molar-refractivity contribution in [1.29, 1.82) is 0 Å². The van der Waals surface area contributed by atoms with Gasteiger partial charge in [-0.05, 0) is 24.5 Å². The molecule has 0 unspecified atom stereocenters. The number of carbonyl (C=O) groups is 2. The highest BCUT2D eigenvalue weighted by Crippen LogP contribution is 2.18. The molecule has 1 aromatic carbocycles. The third-order valence-corrected chi connectivity index (χ3v) is 4.00. The number of benzene rings is 1. The quantitative estimate of drug-likeness (QED) is 0.851. The first kappa shape index (κ1) is 16.3. The molecule has 5 nitrogen and oxygen atoms in total. The third kappa shape index (κ3) is 4.23. The maximum absolute atomic E-state index is 12.3.